The predicted molar refractivity (Wildman–Crippen MR) is 127 cm³/mol. The van der Waals surface area contributed by atoms with Gasteiger partial charge in [-0.3, -0.25) is 15.0 Å². The third-order valence-electron chi connectivity index (χ3n) is 5.64. The Hall–Kier alpha value is -3.23. The van der Waals surface area contributed by atoms with Gasteiger partial charge in [-0.05, 0) is 37.2 Å². The molecule has 1 aliphatic heterocycles. The zero-order chi connectivity index (χ0) is 26.2. The largest absolute Gasteiger partial charge is 0.494 e. The van der Waals surface area contributed by atoms with Gasteiger partial charge in [0.2, 0.25) is 5.88 Å². The first kappa shape index (κ1) is 27.4. The molecule has 1 aromatic carbocycles. The number of methoxy groups -OCH3 is 2. The van der Waals surface area contributed by atoms with Crippen LogP contribution in [0.15, 0.2) is 6.07 Å². The maximum absolute atomic E-state index is 14.6. The van der Waals surface area contributed by atoms with Gasteiger partial charge in [0.1, 0.15) is 23.4 Å². The van der Waals surface area contributed by atoms with E-state index in [2.05, 4.69) is 15.0 Å². The summed E-state index contributed by atoms with van der Waals surface area (Å²) in [5.41, 5.74) is 4.70. The number of hydrogen-bond donors (Lipinski definition) is 4. The second kappa shape index (κ2) is 12.6. The Morgan fingerprint density at radius 2 is 1.94 bits per heavy atom. The number of nitrogens with one attached hydrogen (secondary N) is 2. The van der Waals surface area contributed by atoms with E-state index in [0.29, 0.717) is 13.0 Å². The summed E-state index contributed by atoms with van der Waals surface area (Å²) in [6.07, 6.45) is 2.85. The topological polar surface area (TPSA) is 148 Å². The molecule has 1 aliphatic rings. The van der Waals surface area contributed by atoms with Crippen molar-refractivity contribution in [2.24, 2.45) is 5.73 Å². The van der Waals surface area contributed by atoms with Gasteiger partial charge in [0.15, 0.2) is 23.1 Å². The quantitative estimate of drug-likeness (QED) is 0.307. The second-order valence-corrected chi connectivity index (χ2v) is 8.75. The summed E-state index contributed by atoms with van der Waals surface area (Å²) in [5, 5.41) is 15.0. The number of unbranched alkanes of at least 4 members (excludes halogenated alkanes) is 1. The lowest BCUT2D eigenvalue weighted by molar-refractivity contribution is 0.0373. The average Bonchev–Trinajstić information content (AvgIpc) is 3.44. The van der Waals surface area contributed by atoms with Gasteiger partial charge in [-0.15, -0.1) is 0 Å². The van der Waals surface area contributed by atoms with Crippen LogP contribution >= 0.6 is 11.5 Å². The standard InChI is InChI=1S/C22H29F2N5O6S/c1-33-13-10-14(34-2)18(24)12(17(13)23)11-35-20-16(19(25)31)21(36-28-20)27-22(32)26-7-3-4-8-29-9-5-6-15(29)30/h10,15,30H,3-9,11H2,1-2H3,(H2,25,31)(H2,26,27,32)/t15-/m1/s1. The fourth-order valence-electron chi connectivity index (χ4n) is 3.74. The van der Waals surface area contributed by atoms with E-state index in [9.17, 15) is 23.5 Å². The number of aliphatic hydroxyl groups is 1. The van der Waals surface area contributed by atoms with Crippen LogP contribution < -0.4 is 30.6 Å². The number of nitrogens with zero attached hydrogens (tertiary/aromatic N) is 2. The van der Waals surface area contributed by atoms with Gasteiger partial charge in [-0.2, -0.15) is 4.37 Å². The van der Waals surface area contributed by atoms with Crippen molar-refractivity contribution < 1.29 is 37.7 Å². The lowest BCUT2D eigenvalue weighted by atomic mass is 10.1. The molecule has 1 aromatic heterocycles. The monoisotopic (exact) mass is 529 g/mol. The zero-order valence-corrected chi connectivity index (χ0v) is 20.8. The molecule has 2 aromatic rings. The Bertz CT molecular complexity index is 1060. The number of urea groups is 1. The number of carbonyl (C=O) groups is 2. The third-order valence-corrected chi connectivity index (χ3v) is 6.38. The molecule has 36 heavy (non-hydrogen) atoms. The number of halogens is 2. The molecule has 14 heteroatoms. The highest BCUT2D eigenvalue weighted by Crippen LogP contribution is 2.34. The normalized spacial score (nSPS) is 15.5. The summed E-state index contributed by atoms with van der Waals surface area (Å²) in [4.78, 5) is 26.3. The van der Waals surface area contributed by atoms with Crippen LogP contribution in [0, 0.1) is 11.6 Å². The van der Waals surface area contributed by atoms with Crippen LogP contribution in [-0.4, -0.2) is 66.4 Å². The molecule has 0 saturated carbocycles. The fraction of sp³-hybridized carbons (Fsp3) is 0.500. The van der Waals surface area contributed by atoms with Crippen LogP contribution in [0.2, 0.25) is 0 Å². The highest BCUT2D eigenvalue weighted by Gasteiger charge is 2.25. The summed E-state index contributed by atoms with van der Waals surface area (Å²) in [6, 6.07) is 0.478. The van der Waals surface area contributed by atoms with E-state index in [1.165, 1.54) is 14.2 Å². The Morgan fingerprint density at radius 1 is 1.25 bits per heavy atom. The number of benzene rings is 1. The number of nitrogens with two attached hydrogens (primary N) is 1. The molecule has 11 nitrogen and oxygen atoms in total. The highest BCUT2D eigenvalue weighted by atomic mass is 32.1. The van der Waals surface area contributed by atoms with Crippen LogP contribution in [0.3, 0.4) is 0 Å². The van der Waals surface area contributed by atoms with Gasteiger partial charge in [0.25, 0.3) is 5.91 Å². The maximum Gasteiger partial charge on any atom is 0.319 e. The first-order chi connectivity index (χ1) is 17.3. The number of carbonyl (C=O) groups excluding carboxylic acids is 2. The van der Waals surface area contributed by atoms with Crippen molar-refractivity contribution in [3.8, 4) is 17.4 Å². The van der Waals surface area contributed by atoms with Crippen LogP contribution in [0.5, 0.6) is 17.4 Å². The molecule has 0 unspecified atom stereocenters. The number of ether oxygens (including phenoxy) is 3. The second-order valence-electron chi connectivity index (χ2n) is 7.98. The van der Waals surface area contributed by atoms with Gasteiger partial charge in [-0.25, -0.2) is 13.6 Å². The summed E-state index contributed by atoms with van der Waals surface area (Å²) in [5.74, 6) is -3.73. The lowest BCUT2D eigenvalue weighted by Gasteiger charge is -2.19. The van der Waals surface area contributed by atoms with Gasteiger partial charge in [-0.1, -0.05) is 0 Å². The van der Waals surface area contributed by atoms with E-state index in [0.717, 1.165) is 50.0 Å². The number of anilines is 1. The Morgan fingerprint density at radius 3 is 2.53 bits per heavy atom. The number of likely N-dealkylation sites (tertiary alicyclic amines) is 1. The summed E-state index contributed by atoms with van der Waals surface area (Å²) >= 11 is 0.733. The first-order valence-electron chi connectivity index (χ1n) is 11.2. The van der Waals surface area contributed by atoms with Crippen molar-refractivity contribution in [2.75, 3.05) is 39.2 Å². The summed E-state index contributed by atoms with van der Waals surface area (Å²) in [6.45, 7) is 1.34. The lowest BCUT2D eigenvalue weighted by Crippen LogP contribution is -2.32. The predicted octanol–water partition coefficient (Wildman–Crippen LogP) is 2.43. The number of primary amides is 1. The van der Waals surface area contributed by atoms with Crippen LogP contribution in [0.4, 0.5) is 18.6 Å². The molecule has 198 valence electrons. The minimum Gasteiger partial charge on any atom is -0.494 e. The number of amides is 3. The minimum absolute atomic E-state index is 0.0272. The molecule has 2 heterocycles. The highest BCUT2D eigenvalue weighted by molar-refractivity contribution is 7.11. The van der Waals surface area contributed by atoms with Crippen molar-refractivity contribution in [2.45, 2.75) is 38.5 Å². The van der Waals surface area contributed by atoms with Crippen LogP contribution in [0.25, 0.3) is 0 Å². The molecule has 0 bridgehead atoms. The Kier molecular flexibility index (Phi) is 9.61. The van der Waals surface area contributed by atoms with Gasteiger partial charge < -0.3 is 30.4 Å². The van der Waals surface area contributed by atoms with Crippen molar-refractivity contribution in [1.29, 1.82) is 0 Å². The van der Waals surface area contributed by atoms with Crippen molar-refractivity contribution >= 4 is 28.5 Å². The molecule has 1 saturated heterocycles. The van der Waals surface area contributed by atoms with E-state index in [1.54, 1.807) is 0 Å². The average molecular weight is 530 g/mol. The van der Waals surface area contributed by atoms with E-state index >= 15 is 0 Å². The number of aliphatic hydroxyl groups excluding tert-OH is 1. The first-order valence-corrected chi connectivity index (χ1v) is 12.0. The molecular formula is C22H29F2N5O6S. The van der Waals surface area contributed by atoms with Crippen molar-refractivity contribution in [3.63, 3.8) is 0 Å². The van der Waals surface area contributed by atoms with Gasteiger partial charge in [0, 0.05) is 25.7 Å². The molecule has 1 fully saturated rings. The van der Waals surface area contributed by atoms with E-state index in [-0.39, 0.29) is 27.9 Å². The van der Waals surface area contributed by atoms with Gasteiger partial charge in [0.05, 0.1) is 19.8 Å². The van der Waals surface area contributed by atoms with Crippen molar-refractivity contribution in [3.05, 3.63) is 28.8 Å². The number of rotatable bonds is 12. The SMILES string of the molecule is COc1cc(OC)c(F)c(COc2nsc(NC(=O)NCCCCN3CCC[C@H]3O)c2C(N)=O)c1F. The van der Waals surface area contributed by atoms with Crippen LogP contribution in [0.1, 0.15) is 41.6 Å². The number of hydrogen-bond acceptors (Lipinski definition) is 9. The molecule has 3 amide bonds. The summed E-state index contributed by atoms with van der Waals surface area (Å²) in [7, 11) is 2.43. The Labute approximate surface area is 210 Å². The van der Waals surface area contributed by atoms with Crippen molar-refractivity contribution in [1.82, 2.24) is 14.6 Å². The molecule has 0 radical (unpaired) electrons. The molecule has 0 spiro atoms. The number of aromatic nitrogens is 1. The fourth-order valence-corrected chi connectivity index (χ4v) is 4.47. The molecular weight excluding hydrogens is 500 g/mol. The third kappa shape index (κ3) is 6.50. The Balaban J connectivity index is 1.58. The van der Waals surface area contributed by atoms with E-state index < -0.39 is 42.0 Å². The molecule has 1 atom stereocenters. The smallest absolute Gasteiger partial charge is 0.319 e. The van der Waals surface area contributed by atoms with E-state index in [4.69, 9.17) is 19.9 Å². The summed E-state index contributed by atoms with van der Waals surface area (Å²) < 4.78 is 48.3. The zero-order valence-electron chi connectivity index (χ0n) is 19.9. The minimum atomic E-state index is -0.997. The molecule has 5 N–H and O–H groups in total. The maximum atomic E-state index is 14.6. The molecule has 0 aliphatic carbocycles. The van der Waals surface area contributed by atoms with E-state index in [1.807, 2.05) is 4.90 Å². The van der Waals surface area contributed by atoms with Crippen LogP contribution in [-0.2, 0) is 6.61 Å². The van der Waals surface area contributed by atoms with Gasteiger partial charge >= 0.3 is 6.03 Å². The molecule has 3 rings (SSSR count).